The summed E-state index contributed by atoms with van der Waals surface area (Å²) in [4.78, 5) is 17.0. The zero-order valence-corrected chi connectivity index (χ0v) is 21.9. The molecule has 37 heavy (non-hydrogen) atoms. The van der Waals surface area contributed by atoms with E-state index in [0.29, 0.717) is 24.6 Å². The van der Waals surface area contributed by atoms with Crippen LogP contribution in [0.1, 0.15) is 57.4 Å². The first-order valence-electron chi connectivity index (χ1n) is 13.8. The Hall–Kier alpha value is -2.03. The Morgan fingerprint density at radius 2 is 1.86 bits per heavy atom. The summed E-state index contributed by atoms with van der Waals surface area (Å²) in [6.07, 6.45) is 7.28. The van der Waals surface area contributed by atoms with E-state index in [4.69, 9.17) is 4.74 Å². The number of nitrogens with zero attached hydrogens (tertiary/aromatic N) is 1. The average Bonchev–Trinajstić information content (AvgIpc) is 3.40. The highest BCUT2D eigenvalue weighted by Crippen LogP contribution is 2.71. The second kappa shape index (κ2) is 7.54. The van der Waals surface area contributed by atoms with Gasteiger partial charge in [-0.1, -0.05) is 19.1 Å². The maximum atomic E-state index is 12.3. The van der Waals surface area contributed by atoms with E-state index >= 15 is 0 Å². The van der Waals surface area contributed by atoms with Crippen LogP contribution in [0.25, 0.3) is 16.3 Å². The normalized spacial score (nSPS) is 46.5. The van der Waals surface area contributed by atoms with Crippen LogP contribution >= 0.6 is 0 Å². The van der Waals surface area contributed by atoms with Crippen LogP contribution in [-0.2, 0) is 4.74 Å². The van der Waals surface area contributed by atoms with Crippen molar-refractivity contribution in [1.82, 2.24) is 9.88 Å². The molecular weight excluding hydrogens is 468 g/mol. The number of allylic oxidation sites excluding steroid dienone is 2. The van der Waals surface area contributed by atoms with E-state index in [1.54, 1.807) is 6.20 Å². The second-order valence-electron chi connectivity index (χ2n) is 13.0. The maximum Gasteiger partial charge on any atom is 0.255 e. The molecule has 2 bridgehead atoms. The van der Waals surface area contributed by atoms with Gasteiger partial charge in [-0.05, 0) is 99.2 Å². The Morgan fingerprint density at radius 1 is 1.05 bits per heavy atom. The molecule has 2 saturated heterocycles. The zero-order valence-electron chi connectivity index (χ0n) is 21.9. The van der Waals surface area contributed by atoms with Crippen LogP contribution in [-0.4, -0.2) is 74.4 Å². The lowest BCUT2D eigenvalue weighted by molar-refractivity contribution is -0.331. The summed E-state index contributed by atoms with van der Waals surface area (Å²) < 4.78 is 7.21. The van der Waals surface area contributed by atoms with Crippen LogP contribution in [0.4, 0.5) is 0 Å². The van der Waals surface area contributed by atoms with Crippen molar-refractivity contribution in [3.05, 3.63) is 52.5 Å². The number of pyridine rings is 1. The first-order chi connectivity index (χ1) is 17.5. The van der Waals surface area contributed by atoms with Crippen molar-refractivity contribution >= 4 is 16.3 Å². The highest BCUT2D eigenvalue weighted by molar-refractivity contribution is 5.87. The van der Waals surface area contributed by atoms with Gasteiger partial charge in [0.25, 0.3) is 5.56 Å². The van der Waals surface area contributed by atoms with Crippen LogP contribution in [0.15, 0.2) is 41.3 Å². The highest BCUT2D eigenvalue weighted by Gasteiger charge is 2.76. The summed E-state index contributed by atoms with van der Waals surface area (Å²) in [7, 11) is 3.90. The summed E-state index contributed by atoms with van der Waals surface area (Å²) in [6, 6.07) is 7.87. The molecule has 2 spiro atoms. The van der Waals surface area contributed by atoms with Crippen LogP contribution in [0, 0.1) is 17.3 Å². The number of aliphatic hydroxyl groups excluding tert-OH is 2. The maximum absolute atomic E-state index is 12.3. The number of rotatable bonds is 2. The third kappa shape index (κ3) is 2.92. The number of ether oxygens (including phenoxy) is 1. The molecule has 5 aliphatic rings. The lowest BCUT2D eigenvalue weighted by Gasteiger charge is -2.65. The fourth-order valence-electron chi connectivity index (χ4n) is 9.42. The number of aromatic nitrogens is 1. The molecule has 3 heterocycles. The Morgan fingerprint density at radius 3 is 2.65 bits per heavy atom. The van der Waals surface area contributed by atoms with E-state index in [-0.39, 0.29) is 28.9 Å². The number of fused-ring (bicyclic) bond motifs is 2. The van der Waals surface area contributed by atoms with Gasteiger partial charge in [-0.15, -0.1) is 0 Å². The van der Waals surface area contributed by atoms with Crippen molar-refractivity contribution in [2.75, 3.05) is 14.1 Å². The van der Waals surface area contributed by atoms with E-state index in [2.05, 4.69) is 30.1 Å². The van der Waals surface area contributed by atoms with Gasteiger partial charge < -0.3 is 29.9 Å². The molecule has 7 heteroatoms. The Bertz CT molecular complexity index is 1370. The summed E-state index contributed by atoms with van der Waals surface area (Å²) in [5, 5.41) is 36.1. The standard InChI is InChI=1S/C30H38N2O5/c1-27-9-11-29(36)15-21-24(33)25(34)22(32(2)3)16-28(21)10-12-30(29,37-28)23(27)7-6-20(27)18-4-5-19-17(14-18)8-13-31-26(19)35/h4-6,8,13-14,21-25,33-34,36H,7,9-12,15-16H2,1-3H3,(H,31,35). The van der Waals surface area contributed by atoms with Crippen molar-refractivity contribution in [3.8, 4) is 0 Å². The van der Waals surface area contributed by atoms with Gasteiger partial charge in [-0.25, -0.2) is 0 Å². The number of benzene rings is 1. The first-order valence-corrected chi connectivity index (χ1v) is 13.8. The Balaban J connectivity index is 1.27. The van der Waals surface area contributed by atoms with Crippen molar-refractivity contribution in [2.45, 2.75) is 86.9 Å². The second-order valence-corrected chi connectivity index (χ2v) is 13.0. The summed E-state index contributed by atoms with van der Waals surface area (Å²) in [5.41, 5.74) is -0.0248. The molecule has 198 valence electrons. The van der Waals surface area contributed by atoms with E-state index < -0.39 is 29.0 Å². The third-order valence-corrected chi connectivity index (χ3v) is 11.3. The van der Waals surface area contributed by atoms with Gasteiger partial charge in [0.2, 0.25) is 0 Å². The Labute approximate surface area is 217 Å². The fourth-order valence-corrected chi connectivity index (χ4v) is 9.42. The molecule has 0 radical (unpaired) electrons. The topological polar surface area (TPSA) is 106 Å². The molecule has 9 atom stereocenters. The van der Waals surface area contributed by atoms with Gasteiger partial charge in [-0.3, -0.25) is 4.79 Å². The molecule has 3 aliphatic carbocycles. The first kappa shape index (κ1) is 24.0. The SMILES string of the molecule is CN(C)C1CC23CCC4(O2)C2CC=C(c5ccc6c(=O)[nH]ccc6c5)C2(C)CCC4(O)CC3C(O)C1O. The van der Waals surface area contributed by atoms with Crippen LogP contribution in [0.2, 0.25) is 0 Å². The molecule has 2 aliphatic heterocycles. The predicted molar refractivity (Wildman–Crippen MR) is 141 cm³/mol. The molecule has 4 fully saturated rings. The van der Waals surface area contributed by atoms with Crippen molar-refractivity contribution in [1.29, 1.82) is 0 Å². The number of aliphatic hydroxyl groups is 3. The highest BCUT2D eigenvalue weighted by atomic mass is 16.6. The van der Waals surface area contributed by atoms with Gasteiger partial charge in [0.1, 0.15) is 5.60 Å². The Kier molecular flexibility index (Phi) is 4.90. The van der Waals surface area contributed by atoms with Gasteiger partial charge in [0, 0.05) is 29.5 Å². The van der Waals surface area contributed by atoms with Gasteiger partial charge in [-0.2, -0.15) is 0 Å². The molecule has 1 aromatic heterocycles. The van der Waals surface area contributed by atoms with E-state index in [1.807, 2.05) is 31.1 Å². The molecule has 2 aromatic rings. The monoisotopic (exact) mass is 506 g/mol. The van der Waals surface area contributed by atoms with E-state index in [1.165, 1.54) is 5.57 Å². The quantitative estimate of drug-likeness (QED) is 0.499. The van der Waals surface area contributed by atoms with Crippen LogP contribution in [0.5, 0.6) is 0 Å². The zero-order chi connectivity index (χ0) is 26.0. The smallest absolute Gasteiger partial charge is 0.255 e. The molecule has 7 nitrogen and oxygen atoms in total. The van der Waals surface area contributed by atoms with Crippen LogP contribution < -0.4 is 5.56 Å². The third-order valence-electron chi connectivity index (χ3n) is 11.3. The summed E-state index contributed by atoms with van der Waals surface area (Å²) >= 11 is 0. The number of aromatic amines is 1. The van der Waals surface area contributed by atoms with Crippen molar-refractivity contribution < 1.29 is 20.1 Å². The summed E-state index contributed by atoms with van der Waals surface area (Å²) in [6.45, 7) is 2.33. The minimum atomic E-state index is -1.02. The minimum absolute atomic E-state index is 0.0765. The van der Waals surface area contributed by atoms with Crippen molar-refractivity contribution in [3.63, 3.8) is 0 Å². The van der Waals surface area contributed by atoms with Crippen LogP contribution in [0.3, 0.4) is 0 Å². The number of hydrogen-bond donors (Lipinski definition) is 4. The molecule has 1 aromatic carbocycles. The number of nitrogens with one attached hydrogen (secondary N) is 1. The molecular formula is C30H38N2O5. The molecule has 9 unspecified atom stereocenters. The predicted octanol–water partition coefficient (Wildman–Crippen LogP) is 2.83. The van der Waals surface area contributed by atoms with Gasteiger partial charge >= 0.3 is 0 Å². The van der Waals surface area contributed by atoms with E-state index in [0.717, 1.165) is 36.6 Å². The number of H-pyrrole nitrogens is 1. The molecule has 0 amide bonds. The van der Waals surface area contributed by atoms with Crippen molar-refractivity contribution in [2.24, 2.45) is 17.3 Å². The number of likely N-dealkylation sites (N-methyl/N-ethyl adjacent to an activating group) is 1. The lowest BCUT2D eigenvalue weighted by Crippen LogP contribution is -2.73. The minimum Gasteiger partial charge on any atom is -0.390 e. The number of hydrogen-bond acceptors (Lipinski definition) is 6. The lowest BCUT2D eigenvalue weighted by atomic mass is 9.51. The average molecular weight is 507 g/mol. The fraction of sp³-hybridized carbons (Fsp3) is 0.633. The molecule has 2 saturated carbocycles. The molecule has 7 rings (SSSR count). The summed E-state index contributed by atoms with van der Waals surface area (Å²) in [5.74, 6) is -0.137. The van der Waals surface area contributed by atoms with Gasteiger partial charge in [0.05, 0.1) is 23.4 Å². The largest absolute Gasteiger partial charge is 0.390 e. The van der Waals surface area contributed by atoms with E-state index in [9.17, 15) is 20.1 Å². The van der Waals surface area contributed by atoms with Gasteiger partial charge in [0.15, 0.2) is 0 Å². The molecule has 4 N–H and O–H groups in total.